The highest BCUT2D eigenvalue weighted by Crippen LogP contribution is 2.26. The Labute approximate surface area is 121 Å². The molecule has 0 aliphatic carbocycles. The van der Waals surface area contributed by atoms with Gasteiger partial charge in [-0.05, 0) is 25.1 Å². The summed E-state index contributed by atoms with van der Waals surface area (Å²) >= 11 is 0. The summed E-state index contributed by atoms with van der Waals surface area (Å²) in [6.45, 7) is 1.87. The van der Waals surface area contributed by atoms with Gasteiger partial charge in [0.2, 0.25) is 0 Å². The number of non-ortho nitro benzene ring substituents is 1. The number of hydrogen-bond acceptors (Lipinski definition) is 5. The quantitative estimate of drug-likeness (QED) is 0.651. The minimum atomic E-state index is -0.536. The molecule has 0 bridgehead atoms. The summed E-state index contributed by atoms with van der Waals surface area (Å²) in [6.07, 6.45) is 1.56. The fourth-order valence-corrected chi connectivity index (χ4v) is 1.94. The van der Waals surface area contributed by atoms with E-state index in [0.717, 1.165) is 0 Å². The van der Waals surface area contributed by atoms with Gasteiger partial charge in [-0.25, -0.2) is 0 Å². The lowest BCUT2D eigenvalue weighted by Crippen LogP contribution is -2.20. The maximum atomic E-state index is 11.9. The first kappa shape index (κ1) is 14.6. The number of nitrogens with one attached hydrogen (secondary N) is 2. The van der Waals surface area contributed by atoms with Crippen LogP contribution in [0.2, 0.25) is 0 Å². The van der Waals surface area contributed by atoms with E-state index in [-0.39, 0.29) is 17.3 Å². The molecule has 0 aliphatic heterocycles. The van der Waals surface area contributed by atoms with Crippen LogP contribution in [0.15, 0.2) is 41.0 Å². The second kappa shape index (κ2) is 6.08. The first-order valence-electron chi connectivity index (χ1n) is 6.33. The Morgan fingerprint density at radius 3 is 2.71 bits per heavy atom. The van der Waals surface area contributed by atoms with Gasteiger partial charge in [0.25, 0.3) is 11.6 Å². The Morgan fingerprint density at radius 2 is 2.14 bits per heavy atom. The summed E-state index contributed by atoms with van der Waals surface area (Å²) in [5, 5.41) is 16.4. The molecule has 7 heteroatoms. The van der Waals surface area contributed by atoms with Crippen LogP contribution in [0.4, 0.5) is 11.4 Å². The molecule has 0 aliphatic rings. The molecular weight excluding hydrogens is 274 g/mol. The number of benzene rings is 1. The van der Waals surface area contributed by atoms with Crippen LogP contribution < -0.4 is 10.6 Å². The minimum Gasteiger partial charge on any atom is -0.467 e. The van der Waals surface area contributed by atoms with E-state index >= 15 is 0 Å². The summed E-state index contributed by atoms with van der Waals surface area (Å²) < 4.78 is 5.28. The Kier molecular flexibility index (Phi) is 4.22. The van der Waals surface area contributed by atoms with Crippen molar-refractivity contribution >= 4 is 17.3 Å². The number of rotatable bonds is 5. The summed E-state index contributed by atoms with van der Waals surface area (Å²) in [5.41, 5.74) is 0.582. The van der Waals surface area contributed by atoms with Crippen LogP contribution in [-0.4, -0.2) is 17.9 Å². The number of nitro benzene ring substituents is 1. The van der Waals surface area contributed by atoms with Crippen molar-refractivity contribution in [2.75, 3.05) is 12.4 Å². The second-order valence-electron chi connectivity index (χ2n) is 4.45. The van der Waals surface area contributed by atoms with Gasteiger partial charge in [0.05, 0.1) is 22.8 Å². The van der Waals surface area contributed by atoms with Gasteiger partial charge < -0.3 is 15.1 Å². The predicted molar refractivity (Wildman–Crippen MR) is 77.2 cm³/mol. The predicted octanol–water partition coefficient (Wildman–Crippen LogP) is 2.72. The molecule has 2 rings (SSSR count). The largest absolute Gasteiger partial charge is 0.467 e. The topological polar surface area (TPSA) is 97.4 Å². The number of carbonyl (C=O) groups is 1. The monoisotopic (exact) mass is 289 g/mol. The van der Waals surface area contributed by atoms with Gasteiger partial charge in [-0.2, -0.15) is 0 Å². The molecular formula is C14H15N3O4. The summed E-state index contributed by atoms with van der Waals surface area (Å²) in [7, 11) is 1.47. The van der Waals surface area contributed by atoms with E-state index in [1.54, 1.807) is 12.3 Å². The van der Waals surface area contributed by atoms with E-state index in [1.165, 1.54) is 25.2 Å². The van der Waals surface area contributed by atoms with E-state index in [0.29, 0.717) is 11.4 Å². The van der Waals surface area contributed by atoms with Gasteiger partial charge in [-0.1, -0.05) is 0 Å². The lowest BCUT2D eigenvalue weighted by atomic mass is 10.1. The van der Waals surface area contributed by atoms with E-state index in [2.05, 4.69) is 10.6 Å². The van der Waals surface area contributed by atoms with E-state index in [1.807, 2.05) is 13.0 Å². The first-order chi connectivity index (χ1) is 10.0. The third-order valence-corrected chi connectivity index (χ3v) is 3.03. The molecule has 0 radical (unpaired) electrons. The fraction of sp³-hybridized carbons (Fsp3) is 0.214. The highest BCUT2D eigenvalue weighted by atomic mass is 16.6. The highest BCUT2D eigenvalue weighted by Gasteiger charge is 2.18. The molecule has 0 fully saturated rings. The number of amides is 1. The Morgan fingerprint density at radius 1 is 1.38 bits per heavy atom. The lowest BCUT2D eigenvalue weighted by Gasteiger charge is -2.15. The molecule has 1 aromatic carbocycles. The Balaban J connectivity index is 2.33. The van der Waals surface area contributed by atoms with Gasteiger partial charge >= 0.3 is 0 Å². The van der Waals surface area contributed by atoms with Crippen LogP contribution in [0, 0.1) is 10.1 Å². The molecule has 0 spiro atoms. The molecule has 1 aromatic heterocycles. The molecule has 21 heavy (non-hydrogen) atoms. The van der Waals surface area contributed by atoms with E-state index in [4.69, 9.17) is 4.42 Å². The summed E-state index contributed by atoms with van der Waals surface area (Å²) in [5.74, 6) is 0.309. The number of nitro groups is 1. The molecule has 1 unspecified atom stereocenters. The van der Waals surface area contributed by atoms with Crippen molar-refractivity contribution in [2.45, 2.75) is 13.0 Å². The van der Waals surface area contributed by atoms with Crippen LogP contribution in [0.5, 0.6) is 0 Å². The normalized spacial score (nSPS) is 11.7. The number of hydrogen-bond donors (Lipinski definition) is 2. The van der Waals surface area contributed by atoms with Crippen LogP contribution in [0.3, 0.4) is 0 Å². The van der Waals surface area contributed by atoms with Crippen LogP contribution in [0.25, 0.3) is 0 Å². The van der Waals surface area contributed by atoms with Gasteiger partial charge in [-0.15, -0.1) is 0 Å². The lowest BCUT2D eigenvalue weighted by molar-refractivity contribution is -0.384. The minimum absolute atomic E-state index is 0.134. The van der Waals surface area contributed by atoms with Crippen molar-refractivity contribution in [2.24, 2.45) is 0 Å². The molecule has 1 atom stereocenters. The Hall–Kier alpha value is -2.83. The average molecular weight is 289 g/mol. The fourth-order valence-electron chi connectivity index (χ4n) is 1.94. The van der Waals surface area contributed by atoms with Crippen molar-refractivity contribution in [3.8, 4) is 0 Å². The van der Waals surface area contributed by atoms with Crippen LogP contribution >= 0.6 is 0 Å². The van der Waals surface area contributed by atoms with Crippen LogP contribution in [-0.2, 0) is 0 Å². The zero-order valence-electron chi connectivity index (χ0n) is 11.6. The average Bonchev–Trinajstić information content (AvgIpc) is 3.00. The van der Waals surface area contributed by atoms with Gasteiger partial charge in [0.15, 0.2) is 0 Å². The van der Waals surface area contributed by atoms with E-state index in [9.17, 15) is 14.9 Å². The van der Waals surface area contributed by atoms with Crippen molar-refractivity contribution in [1.29, 1.82) is 0 Å². The molecule has 0 saturated carbocycles. The Bertz CT molecular complexity index is 652. The highest BCUT2D eigenvalue weighted by molar-refractivity contribution is 6.00. The van der Waals surface area contributed by atoms with Crippen molar-refractivity contribution in [3.63, 3.8) is 0 Å². The third kappa shape index (κ3) is 3.19. The maximum Gasteiger partial charge on any atom is 0.270 e. The number of nitrogens with zero attached hydrogens (tertiary/aromatic N) is 1. The molecule has 1 heterocycles. The standard InChI is InChI=1S/C14H15N3O4/c1-9(13-4-3-7-21-13)16-12-6-5-10(17(19)20)8-11(12)14(18)15-2/h3-9,16H,1-2H3,(H,15,18). The number of carbonyl (C=O) groups excluding carboxylic acids is 1. The molecule has 2 N–H and O–H groups in total. The van der Waals surface area contributed by atoms with Crippen molar-refractivity contribution in [3.05, 3.63) is 58.0 Å². The molecule has 2 aromatic rings. The summed E-state index contributed by atoms with van der Waals surface area (Å²) in [4.78, 5) is 22.2. The summed E-state index contributed by atoms with van der Waals surface area (Å²) in [6, 6.07) is 7.51. The number of anilines is 1. The van der Waals surface area contributed by atoms with Gasteiger partial charge in [-0.3, -0.25) is 14.9 Å². The van der Waals surface area contributed by atoms with Gasteiger partial charge in [0.1, 0.15) is 5.76 Å². The smallest absolute Gasteiger partial charge is 0.270 e. The number of furan rings is 1. The second-order valence-corrected chi connectivity index (χ2v) is 4.45. The SMILES string of the molecule is CNC(=O)c1cc([N+](=O)[O-])ccc1NC(C)c1ccco1. The van der Waals surface area contributed by atoms with Crippen LogP contribution in [0.1, 0.15) is 29.1 Å². The van der Waals surface area contributed by atoms with Crippen molar-refractivity contribution in [1.82, 2.24) is 5.32 Å². The first-order valence-corrected chi connectivity index (χ1v) is 6.33. The zero-order chi connectivity index (χ0) is 15.4. The molecule has 7 nitrogen and oxygen atoms in total. The van der Waals surface area contributed by atoms with Gasteiger partial charge in [0, 0.05) is 24.9 Å². The molecule has 110 valence electrons. The maximum absolute atomic E-state index is 11.9. The molecule has 0 saturated heterocycles. The third-order valence-electron chi connectivity index (χ3n) is 3.03. The van der Waals surface area contributed by atoms with E-state index < -0.39 is 10.8 Å². The zero-order valence-corrected chi connectivity index (χ0v) is 11.6. The molecule has 1 amide bonds. The van der Waals surface area contributed by atoms with Crippen molar-refractivity contribution < 1.29 is 14.1 Å².